The molecule has 21 heavy (non-hydrogen) atoms. The maximum absolute atomic E-state index is 12.4. The Morgan fingerprint density at radius 3 is 2.57 bits per heavy atom. The van der Waals surface area contributed by atoms with E-state index >= 15 is 0 Å². The molecule has 4 nitrogen and oxygen atoms in total. The molecule has 1 aromatic rings. The number of hydrogen-bond donors (Lipinski definition) is 2. The summed E-state index contributed by atoms with van der Waals surface area (Å²) in [5.74, 6) is 1.07. The summed E-state index contributed by atoms with van der Waals surface area (Å²) in [7, 11) is -3.64. The largest absolute Gasteiger partial charge is 0.326 e. The summed E-state index contributed by atoms with van der Waals surface area (Å²) in [6, 6.07) is 2.88. The Labute approximate surface area is 136 Å². The molecule has 0 aliphatic heterocycles. The van der Waals surface area contributed by atoms with Gasteiger partial charge in [0.15, 0.2) is 0 Å². The molecule has 0 aromatic heterocycles. The molecule has 2 atom stereocenters. The maximum atomic E-state index is 12.4. The van der Waals surface area contributed by atoms with E-state index in [1.165, 1.54) is 12.1 Å². The lowest BCUT2D eigenvalue weighted by molar-refractivity contribution is 0.498. The van der Waals surface area contributed by atoms with Gasteiger partial charge in [0.25, 0.3) is 0 Å². The van der Waals surface area contributed by atoms with Crippen molar-refractivity contribution in [2.24, 2.45) is 17.6 Å². The second-order valence-corrected chi connectivity index (χ2v) is 8.26. The molecule has 0 radical (unpaired) electrons. The summed E-state index contributed by atoms with van der Waals surface area (Å²) in [6.07, 6.45) is 3.28. The second kappa shape index (κ2) is 6.84. The molecule has 1 saturated carbocycles. The Morgan fingerprint density at radius 1 is 1.29 bits per heavy atom. The van der Waals surface area contributed by atoms with Gasteiger partial charge >= 0.3 is 0 Å². The van der Waals surface area contributed by atoms with Crippen molar-refractivity contribution >= 4 is 33.2 Å². The fourth-order valence-corrected chi connectivity index (χ4v) is 4.74. The second-order valence-electron chi connectivity index (χ2n) is 5.71. The highest BCUT2D eigenvalue weighted by atomic mass is 35.5. The van der Waals surface area contributed by atoms with Gasteiger partial charge in [0.1, 0.15) is 4.90 Å². The van der Waals surface area contributed by atoms with Gasteiger partial charge < -0.3 is 5.73 Å². The van der Waals surface area contributed by atoms with E-state index in [0.717, 1.165) is 19.3 Å². The Hall–Kier alpha value is -0.330. The first kappa shape index (κ1) is 17.0. The molecule has 1 aliphatic carbocycles. The minimum absolute atomic E-state index is 0.0417. The van der Waals surface area contributed by atoms with Crippen molar-refractivity contribution in [2.45, 2.75) is 37.6 Å². The molecule has 2 unspecified atom stereocenters. The van der Waals surface area contributed by atoms with Crippen molar-refractivity contribution in [3.05, 3.63) is 27.7 Å². The molecule has 3 N–H and O–H groups in total. The third kappa shape index (κ3) is 4.11. The Morgan fingerprint density at radius 2 is 2.00 bits per heavy atom. The predicted molar refractivity (Wildman–Crippen MR) is 86.0 cm³/mol. The van der Waals surface area contributed by atoms with Crippen LogP contribution in [0.3, 0.4) is 0 Å². The van der Waals surface area contributed by atoms with E-state index in [2.05, 4.69) is 11.6 Å². The number of nitrogens with one attached hydrogen (secondary N) is 1. The first-order valence-electron chi connectivity index (χ1n) is 7.01. The maximum Gasteiger partial charge on any atom is 0.242 e. The lowest BCUT2D eigenvalue weighted by Gasteiger charge is -2.14. The predicted octanol–water partition coefficient (Wildman–Crippen LogP) is 3.17. The Kier molecular flexibility index (Phi) is 5.54. The van der Waals surface area contributed by atoms with Gasteiger partial charge in [-0.3, -0.25) is 0 Å². The summed E-state index contributed by atoms with van der Waals surface area (Å²) >= 11 is 12.0. The van der Waals surface area contributed by atoms with Crippen LogP contribution in [-0.2, 0) is 16.6 Å². The summed E-state index contributed by atoms with van der Waals surface area (Å²) in [6.45, 7) is 2.81. The van der Waals surface area contributed by atoms with Crippen molar-refractivity contribution in [2.75, 3.05) is 6.54 Å². The van der Waals surface area contributed by atoms with Crippen LogP contribution >= 0.6 is 23.2 Å². The zero-order valence-electron chi connectivity index (χ0n) is 11.9. The molecular formula is C14H20Cl2N2O2S. The normalized spacial score (nSPS) is 22.7. The van der Waals surface area contributed by atoms with Crippen molar-refractivity contribution in [1.29, 1.82) is 0 Å². The molecule has 7 heteroatoms. The highest BCUT2D eigenvalue weighted by Gasteiger charge is 2.25. The standard InChI is InChI=1S/C14H20Cl2N2O2S/c1-9-2-3-10(4-9)8-18-21(19,20)14-5-11(7-17)12(15)6-13(14)16/h5-6,9-10,18H,2-4,7-8,17H2,1H3. The molecule has 0 saturated heterocycles. The lowest BCUT2D eigenvalue weighted by atomic mass is 10.1. The van der Waals surface area contributed by atoms with Gasteiger partial charge in [0, 0.05) is 18.1 Å². The van der Waals surface area contributed by atoms with Gasteiger partial charge in [-0.15, -0.1) is 0 Å². The Balaban J connectivity index is 2.15. The Bertz CT molecular complexity index is 620. The summed E-state index contributed by atoms with van der Waals surface area (Å²) in [4.78, 5) is 0.0417. The van der Waals surface area contributed by atoms with Gasteiger partial charge in [-0.1, -0.05) is 36.5 Å². The monoisotopic (exact) mass is 350 g/mol. The lowest BCUT2D eigenvalue weighted by Crippen LogP contribution is -2.29. The van der Waals surface area contributed by atoms with Gasteiger partial charge in [-0.05, 0) is 42.4 Å². The first-order chi connectivity index (χ1) is 9.83. The summed E-state index contributed by atoms with van der Waals surface area (Å²) in [5, 5.41) is 0.496. The highest BCUT2D eigenvalue weighted by molar-refractivity contribution is 7.89. The van der Waals surface area contributed by atoms with Crippen LogP contribution in [0.4, 0.5) is 0 Å². The molecular weight excluding hydrogens is 331 g/mol. The van der Waals surface area contributed by atoms with Crippen molar-refractivity contribution < 1.29 is 8.42 Å². The molecule has 118 valence electrons. The van der Waals surface area contributed by atoms with Crippen LogP contribution in [0.2, 0.25) is 10.0 Å². The third-order valence-corrected chi connectivity index (χ3v) is 6.22. The van der Waals surface area contributed by atoms with E-state index < -0.39 is 10.0 Å². The fraction of sp³-hybridized carbons (Fsp3) is 0.571. The van der Waals surface area contributed by atoms with Crippen LogP contribution < -0.4 is 10.5 Å². The molecule has 1 aromatic carbocycles. The number of sulfonamides is 1. The van der Waals surface area contributed by atoms with E-state index in [0.29, 0.717) is 29.0 Å². The van der Waals surface area contributed by atoms with E-state index in [1.807, 2.05) is 0 Å². The molecule has 2 rings (SSSR count). The molecule has 1 aliphatic rings. The average Bonchev–Trinajstić information content (AvgIpc) is 2.82. The zero-order valence-corrected chi connectivity index (χ0v) is 14.2. The van der Waals surface area contributed by atoms with Crippen LogP contribution in [0.5, 0.6) is 0 Å². The SMILES string of the molecule is CC1CCC(CNS(=O)(=O)c2cc(CN)c(Cl)cc2Cl)C1. The highest BCUT2D eigenvalue weighted by Crippen LogP contribution is 2.31. The van der Waals surface area contributed by atoms with Gasteiger partial charge in [-0.2, -0.15) is 0 Å². The molecule has 0 heterocycles. The minimum atomic E-state index is -3.64. The number of halogens is 2. The molecule has 0 spiro atoms. The zero-order chi connectivity index (χ0) is 15.6. The summed E-state index contributed by atoms with van der Waals surface area (Å²) in [5.41, 5.74) is 6.12. The number of nitrogens with two attached hydrogens (primary N) is 1. The molecule has 0 amide bonds. The summed E-state index contributed by atoms with van der Waals surface area (Å²) < 4.78 is 27.4. The molecule has 1 fully saturated rings. The third-order valence-electron chi connectivity index (χ3n) is 3.98. The van der Waals surface area contributed by atoms with Crippen LogP contribution in [0.15, 0.2) is 17.0 Å². The quantitative estimate of drug-likeness (QED) is 0.856. The first-order valence-corrected chi connectivity index (χ1v) is 9.25. The van der Waals surface area contributed by atoms with Gasteiger partial charge in [-0.25, -0.2) is 13.1 Å². The number of rotatable bonds is 5. The average molecular weight is 351 g/mol. The number of benzene rings is 1. The van der Waals surface area contributed by atoms with Gasteiger partial charge in [0.2, 0.25) is 10.0 Å². The van der Waals surface area contributed by atoms with Crippen molar-refractivity contribution in [3.8, 4) is 0 Å². The smallest absolute Gasteiger partial charge is 0.242 e. The van der Waals surface area contributed by atoms with Crippen molar-refractivity contribution in [3.63, 3.8) is 0 Å². The molecule has 0 bridgehead atoms. The van der Waals surface area contributed by atoms with Crippen LogP contribution in [0, 0.1) is 11.8 Å². The minimum Gasteiger partial charge on any atom is -0.326 e. The van der Waals surface area contributed by atoms with Crippen LogP contribution in [-0.4, -0.2) is 15.0 Å². The topological polar surface area (TPSA) is 72.2 Å². The van der Waals surface area contributed by atoms with Crippen molar-refractivity contribution in [1.82, 2.24) is 4.72 Å². The van der Waals surface area contributed by atoms with Crippen LogP contribution in [0.1, 0.15) is 31.7 Å². The van der Waals surface area contributed by atoms with Crippen LogP contribution in [0.25, 0.3) is 0 Å². The van der Waals surface area contributed by atoms with E-state index in [-0.39, 0.29) is 16.5 Å². The van der Waals surface area contributed by atoms with E-state index in [4.69, 9.17) is 28.9 Å². The number of hydrogen-bond acceptors (Lipinski definition) is 3. The fourth-order valence-electron chi connectivity index (χ4n) is 2.75. The van der Waals surface area contributed by atoms with Gasteiger partial charge in [0.05, 0.1) is 5.02 Å². The van der Waals surface area contributed by atoms with E-state index in [9.17, 15) is 8.42 Å². The van der Waals surface area contributed by atoms with E-state index in [1.54, 1.807) is 0 Å².